The van der Waals surface area contributed by atoms with Crippen molar-refractivity contribution >= 4 is 13.4 Å². The molecule has 0 aliphatic carbocycles. The standard InChI is InChI=1S/2C6H9N.C2H6.C2H4/c2*1-6(2)4-5-7-3;2*1-2/h2*4-5H,1,3H2,2H3;1-2H3;1-2H2/b2*5-4-;;. The van der Waals surface area contributed by atoms with Crippen LogP contribution >= 0.6 is 0 Å². The van der Waals surface area contributed by atoms with Gasteiger partial charge in [-0.25, -0.2) is 0 Å². The highest BCUT2D eigenvalue weighted by Gasteiger charge is 1.66. The molecule has 0 rings (SSSR count). The maximum atomic E-state index is 3.62. The van der Waals surface area contributed by atoms with E-state index in [4.69, 9.17) is 0 Å². The lowest BCUT2D eigenvalue weighted by atomic mass is 10.3. The normalized spacial score (nSPS) is 7.78. The Balaban J connectivity index is -0.0000000851. The fourth-order valence-electron chi connectivity index (χ4n) is 0.360. The molecule has 102 valence electrons. The first-order chi connectivity index (χ1) is 8.54. The van der Waals surface area contributed by atoms with Crippen molar-refractivity contribution in [1.29, 1.82) is 0 Å². The van der Waals surface area contributed by atoms with Gasteiger partial charge in [0, 0.05) is 12.4 Å². The SMILES string of the molecule is C=C.C=N/C=C\C(=C)C.C=N/C=C\C(=C)C.CC. The van der Waals surface area contributed by atoms with Gasteiger partial charge in [0.15, 0.2) is 0 Å². The smallest absolute Gasteiger partial charge is 0.0262 e. The van der Waals surface area contributed by atoms with E-state index in [-0.39, 0.29) is 0 Å². The average Bonchev–Trinajstić information content (AvgIpc) is 2.39. The van der Waals surface area contributed by atoms with E-state index in [0.29, 0.717) is 0 Å². The summed E-state index contributed by atoms with van der Waals surface area (Å²) in [5.41, 5.74) is 1.99. The van der Waals surface area contributed by atoms with Crippen LogP contribution in [0.5, 0.6) is 0 Å². The van der Waals surface area contributed by atoms with Crippen LogP contribution in [-0.2, 0) is 0 Å². The number of hydrogen-bond acceptors (Lipinski definition) is 2. The number of hydrogen-bond donors (Lipinski definition) is 0. The number of allylic oxidation sites excluding steroid dienone is 4. The topological polar surface area (TPSA) is 24.7 Å². The van der Waals surface area contributed by atoms with Crippen molar-refractivity contribution in [1.82, 2.24) is 0 Å². The first kappa shape index (κ1) is 25.0. The zero-order chi connectivity index (χ0) is 15.4. The predicted octanol–water partition coefficient (Wildman–Crippen LogP) is 5.38. The van der Waals surface area contributed by atoms with E-state index in [2.05, 4.69) is 49.7 Å². The predicted molar refractivity (Wildman–Crippen MR) is 89.6 cm³/mol. The minimum absolute atomic E-state index is 0.993. The highest BCUT2D eigenvalue weighted by atomic mass is 14.6. The summed E-state index contributed by atoms with van der Waals surface area (Å²) >= 11 is 0. The lowest BCUT2D eigenvalue weighted by molar-refractivity contribution is 1.50. The van der Waals surface area contributed by atoms with Crippen LogP contribution < -0.4 is 0 Å². The minimum atomic E-state index is 0.993. The Kier molecular flexibility index (Phi) is 40.9. The van der Waals surface area contributed by atoms with Gasteiger partial charge in [0.25, 0.3) is 0 Å². The molecule has 2 nitrogen and oxygen atoms in total. The van der Waals surface area contributed by atoms with E-state index in [0.717, 1.165) is 11.1 Å². The molecule has 0 spiro atoms. The third kappa shape index (κ3) is 65.4. The third-order valence-corrected chi connectivity index (χ3v) is 0.929. The number of rotatable bonds is 4. The molecule has 2 heteroatoms. The van der Waals surface area contributed by atoms with Gasteiger partial charge in [0.05, 0.1) is 0 Å². The van der Waals surface area contributed by atoms with Gasteiger partial charge in [-0.05, 0) is 39.4 Å². The fourth-order valence-corrected chi connectivity index (χ4v) is 0.360. The van der Waals surface area contributed by atoms with E-state index in [9.17, 15) is 0 Å². The zero-order valence-corrected chi connectivity index (χ0v) is 12.4. The molecule has 0 atom stereocenters. The van der Waals surface area contributed by atoms with E-state index in [1.54, 1.807) is 24.6 Å². The Morgan fingerprint density at radius 3 is 1.06 bits per heavy atom. The molecule has 0 saturated heterocycles. The largest absolute Gasteiger partial charge is 0.273 e. The molecule has 0 unspecified atom stereocenters. The van der Waals surface area contributed by atoms with Crippen LogP contribution in [0.4, 0.5) is 0 Å². The van der Waals surface area contributed by atoms with Gasteiger partial charge in [0.1, 0.15) is 0 Å². The van der Waals surface area contributed by atoms with Crippen molar-refractivity contribution in [3.8, 4) is 0 Å². The molecule has 0 amide bonds. The molecule has 0 aromatic heterocycles. The van der Waals surface area contributed by atoms with E-state index in [1.165, 1.54) is 0 Å². The zero-order valence-electron chi connectivity index (χ0n) is 12.4. The Morgan fingerprint density at radius 2 is 1.00 bits per heavy atom. The molecule has 0 fully saturated rings. The molecule has 0 heterocycles. The highest BCUT2D eigenvalue weighted by molar-refractivity contribution is 5.27. The van der Waals surface area contributed by atoms with Crippen LogP contribution in [0.1, 0.15) is 27.7 Å². The van der Waals surface area contributed by atoms with Crippen LogP contribution in [0.25, 0.3) is 0 Å². The summed E-state index contributed by atoms with van der Waals surface area (Å²) < 4.78 is 0. The van der Waals surface area contributed by atoms with Crippen LogP contribution in [0.15, 0.2) is 72.0 Å². The quantitative estimate of drug-likeness (QED) is 0.362. The Hall–Kier alpha value is -1.96. The van der Waals surface area contributed by atoms with Gasteiger partial charge in [0.2, 0.25) is 0 Å². The summed E-state index contributed by atoms with van der Waals surface area (Å²) in [5.74, 6) is 0. The van der Waals surface area contributed by atoms with Crippen LogP contribution in [-0.4, -0.2) is 13.4 Å². The van der Waals surface area contributed by atoms with Crippen LogP contribution in [0, 0.1) is 0 Å². The minimum Gasteiger partial charge on any atom is -0.273 e. The molecule has 0 radical (unpaired) electrons. The molecule has 0 N–H and O–H groups in total. The average molecular weight is 248 g/mol. The van der Waals surface area contributed by atoms with Gasteiger partial charge < -0.3 is 0 Å². The second-order valence-corrected chi connectivity index (χ2v) is 2.69. The Morgan fingerprint density at radius 1 is 0.778 bits per heavy atom. The molecule has 0 bridgehead atoms. The van der Waals surface area contributed by atoms with Crippen molar-refractivity contribution in [2.24, 2.45) is 9.98 Å². The van der Waals surface area contributed by atoms with Crippen molar-refractivity contribution < 1.29 is 0 Å². The van der Waals surface area contributed by atoms with Crippen molar-refractivity contribution in [2.45, 2.75) is 27.7 Å². The lowest BCUT2D eigenvalue weighted by Gasteiger charge is -1.76. The molecule has 0 aliphatic rings. The summed E-state index contributed by atoms with van der Waals surface area (Å²) in [7, 11) is 0. The summed E-state index contributed by atoms with van der Waals surface area (Å²) in [6, 6.07) is 0. The molecule has 0 aliphatic heterocycles. The molecule has 0 saturated carbocycles. The summed E-state index contributed by atoms with van der Waals surface area (Å²) in [6.45, 7) is 27.6. The second kappa shape index (κ2) is 29.4. The lowest BCUT2D eigenvalue weighted by Crippen LogP contribution is -1.56. The maximum absolute atomic E-state index is 3.62. The number of aliphatic imine (C=N–C) groups is 2. The fraction of sp³-hybridized carbons (Fsp3) is 0.250. The van der Waals surface area contributed by atoms with Crippen LogP contribution in [0.3, 0.4) is 0 Å². The van der Waals surface area contributed by atoms with E-state index < -0.39 is 0 Å². The summed E-state index contributed by atoms with van der Waals surface area (Å²) in [5, 5.41) is 0. The molecule has 18 heavy (non-hydrogen) atoms. The number of nitrogens with zero attached hydrogens (tertiary/aromatic N) is 2. The van der Waals surface area contributed by atoms with Gasteiger partial charge in [-0.3, -0.25) is 9.98 Å². The van der Waals surface area contributed by atoms with Gasteiger partial charge in [-0.1, -0.05) is 38.2 Å². The molecule has 0 aromatic rings. The van der Waals surface area contributed by atoms with Gasteiger partial charge >= 0.3 is 0 Å². The third-order valence-electron chi connectivity index (χ3n) is 0.929. The van der Waals surface area contributed by atoms with Crippen LogP contribution in [0.2, 0.25) is 0 Å². The first-order valence-electron chi connectivity index (χ1n) is 5.60. The van der Waals surface area contributed by atoms with Crippen molar-refractivity contribution in [3.63, 3.8) is 0 Å². The van der Waals surface area contributed by atoms with E-state index >= 15 is 0 Å². The molecule has 0 aromatic carbocycles. The van der Waals surface area contributed by atoms with E-state index in [1.807, 2.05) is 27.7 Å². The maximum Gasteiger partial charge on any atom is 0.0262 e. The summed E-state index contributed by atoms with van der Waals surface area (Å²) in [6.07, 6.45) is 6.82. The summed E-state index contributed by atoms with van der Waals surface area (Å²) in [4.78, 5) is 6.97. The Bertz CT molecular complexity index is 243. The first-order valence-corrected chi connectivity index (χ1v) is 5.60. The van der Waals surface area contributed by atoms with Crippen molar-refractivity contribution in [3.05, 3.63) is 62.0 Å². The molecular formula is C16H28N2. The Labute approximate surface area is 114 Å². The molecular weight excluding hydrogens is 220 g/mol. The monoisotopic (exact) mass is 248 g/mol. The van der Waals surface area contributed by atoms with Gasteiger partial charge in [-0.15, -0.1) is 13.2 Å². The van der Waals surface area contributed by atoms with Gasteiger partial charge in [-0.2, -0.15) is 0 Å². The second-order valence-electron chi connectivity index (χ2n) is 2.69. The highest BCUT2D eigenvalue weighted by Crippen LogP contribution is 1.87. The van der Waals surface area contributed by atoms with Crippen molar-refractivity contribution in [2.75, 3.05) is 0 Å².